The van der Waals surface area contributed by atoms with Gasteiger partial charge in [0.2, 0.25) is 11.8 Å². The first kappa shape index (κ1) is 31.3. The number of hydrogen-bond acceptors (Lipinski definition) is 6. The smallest absolute Gasteiger partial charge is 0.307 e. The highest BCUT2D eigenvalue weighted by molar-refractivity contribution is 5.85. The van der Waals surface area contributed by atoms with Crippen LogP contribution in [0.4, 0.5) is 0 Å². The van der Waals surface area contributed by atoms with Crippen molar-refractivity contribution in [3.8, 4) is 0 Å². The van der Waals surface area contributed by atoms with E-state index in [2.05, 4.69) is 10.6 Å². The first-order valence-electron chi connectivity index (χ1n) is 14.7. The van der Waals surface area contributed by atoms with Gasteiger partial charge in [0.15, 0.2) is 0 Å². The number of piperidine rings is 1. The van der Waals surface area contributed by atoms with Gasteiger partial charge < -0.3 is 25.0 Å². The molecule has 2 aromatic carbocycles. The van der Waals surface area contributed by atoms with Gasteiger partial charge in [0.1, 0.15) is 0 Å². The molecule has 40 heavy (non-hydrogen) atoms. The molecule has 1 saturated heterocycles. The summed E-state index contributed by atoms with van der Waals surface area (Å²) in [6.07, 6.45) is 5.26. The predicted octanol–water partition coefficient (Wildman–Crippen LogP) is 3.68. The van der Waals surface area contributed by atoms with Gasteiger partial charge in [-0.2, -0.15) is 0 Å². The fourth-order valence-corrected chi connectivity index (χ4v) is 4.87. The largest absolute Gasteiger partial charge is 0.466 e. The number of amides is 2. The van der Waals surface area contributed by atoms with Crippen LogP contribution < -0.4 is 10.6 Å². The third kappa shape index (κ3) is 12.3. The van der Waals surface area contributed by atoms with Gasteiger partial charge in [-0.3, -0.25) is 14.4 Å². The Labute approximate surface area is 238 Å². The Morgan fingerprint density at radius 3 is 2.27 bits per heavy atom. The number of nitrogens with zero attached hydrogens (tertiary/aromatic N) is 1. The van der Waals surface area contributed by atoms with Gasteiger partial charge >= 0.3 is 5.97 Å². The molecule has 8 nitrogen and oxygen atoms in total. The highest BCUT2D eigenvalue weighted by Crippen LogP contribution is 2.11. The minimum absolute atomic E-state index is 0.0501. The van der Waals surface area contributed by atoms with E-state index in [1.807, 2.05) is 60.7 Å². The molecule has 0 bridgehead atoms. The summed E-state index contributed by atoms with van der Waals surface area (Å²) in [5, 5.41) is 6.33. The van der Waals surface area contributed by atoms with Crippen LogP contribution in [0.5, 0.6) is 0 Å². The van der Waals surface area contributed by atoms with Crippen molar-refractivity contribution in [2.45, 2.75) is 70.4 Å². The number of hydrogen-bond donors (Lipinski definition) is 2. The second-order valence-corrected chi connectivity index (χ2v) is 10.3. The number of benzene rings is 2. The quantitative estimate of drug-likeness (QED) is 0.230. The third-order valence-corrected chi connectivity index (χ3v) is 7.08. The average Bonchev–Trinajstić information content (AvgIpc) is 2.98. The molecule has 2 aromatic rings. The van der Waals surface area contributed by atoms with Crippen LogP contribution in [0.1, 0.15) is 56.6 Å². The Morgan fingerprint density at radius 1 is 0.975 bits per heavy atom. The Balaban J connectivity index is 1.56. The van der Waals surface area contributed by atoms with Gasteiger partial charge in [-0.25, -0.2) is 0 Å². The van der Waals surface area contributed by atoms with Crippen molar-refractivity contribution < 1.29 is 23.9 Å². The maximum absolute atomic E-state index is 13.2. The number of esters is 1. The first-order chi connectivity index (χ1) is 19.5. The van der Waals surface area contributed by atoms with Gasteiger partial charge in [0, 0.05) is 25.6 Å². The molecule has 0 aromatic heterocycles. The van der Waals surface area contributed by atoms with E-state index >= 15 is 0 Å². The zero-order chi connectivity index (χ0) is 28.4. The minimum atomic E-state index is -0.379. The van der Waals surface area contributed by atoms with Crippen molar-refractivity contribution in [2.75, 3.05) is 39.4 Å². The minimum Gasteiger partial charge on any atom is -0.466 e. The van der Waals surface area contributed by atoms with E-state index in [1.165, 1.54) is 0 Å². The topological polar surface area (TPSA) is 97.0 Å². The van der Waals surface area contributed by atoms with Crippen LogP contribution in [0.3, 0.4) is 0 Å². The molecule has 1 aliphatic heterocycles. The standard InChI is InChI=1S/C32H45N3O5/c1-2-39-32(38)24-28(16-15-26-10-5-3-6-11-26)34-30(36)25-35(22-19-27-12-7-4-8-13-27)31(37)14-9-23-40-29-17-20-33-21-18-29/h3-8,10-13,28-29,33H,2,9,14-25H2,1H3,(H,34,36). The monoisotopic (exact) mass is 551 g/mol. The molecule has 0 radical (unpaired) electrons. The molecule has 8 heteroatoms. The summed E-state index contributed by atoms with van der Waals surface area (Å²) < 4.78 is 11.1. The van der Waals surface area contributed by atoms with E-state index in [1.54, 1.807) is 11.8 Å². The summed E-state index contributed by atoms with van der Waals surface area (Å²) in [4.78, 5) is 40.3. The predicted molar refractivity (Wildman–Crippen MR) is 156 cm³/mol. The number of carbonyl (C=O) groups is 3. The lowest BCUT2D eigenvalue weighted by molar-refractivity contribution is -0.144. The number of aryl methyl sites for hydroxylation is 1. The van der Waals surface area contributed by atoms with Crippen LogP contribution in [0.25, 0.3) is 0 Å². The number of rotatable bonds is 17. The zero-order valence-corrected chi connectivity index (χ0v) is 23.8. The highest BCUT2D eigenvalue weighted by atomic mass is 16.5. The normalized spacial score (nSPS) is 14.3. The van der Waals surface area contributed by atoms with Crippen LogP contribution in [0, 0.1) is 0 Å². The zero-order valence-electron chi connectivity index (χ0n) is 23.8. The lowest BCUT2D eigenvalue weighted by atomic mass is 10.0. The van der Waals surface area contributed by atoms with Crippen LogP contribution in [-0.2, 0) is 36.7 Å². The summed E-state index contributed by atoms with van der Waals surface area (Å²) in [5.41, 5.74) is 2.25. The summed E-state index contributed by atoms with van der Waals surface area (Å²) in [6.45, 7) is 4.92. The fraction of sp³-hybridized carbons (Fsp3) is 0.531. The molecule has 0 spiro atoms. The summed E-state index contributed by atoms with van der Waals surface area (Å²) in [6, 6.07) is 19.5. The molecular weight excluding hydrogens is 506 g/mol. The molecule has 0 aliphatic carbocycles. The van der Waals surface area contributed by atoms with Crippen molar-refractivity contribution in [1.29, 1.82) is 0 Å². The molecule has 1 atom stereocenters. The number of carbonyl (C=O) groups excluding carboxylic acids is 3. The maximum Gasteiger partial charge on any atom is 0.307 e. The van der Waals surface area contributed by atoms with Crippen LogP contribution in [0.2, 0.25) is 0 Å². The Morgan fingerprint density at radius 2 is 1.62 bits per heavy atom. The van der Waals surface area contributed by atoms with Crippen molar-refractivity contribution in [3.63, 3.8) is 0 Å². The number of nitrogens with one attached hydrogen (secondary N) is 2. The molecule has 218 valence electrons. The molecule has 2 N–H and O–H groups in total. The average molecular weight is 552 g/mol. The van der Waals surface area contributed by atoms with Gasteiger partial charge in [-0.15, -0.1) is 0 Å². The van der Waals surface area contributed by atoms with Gasteiger partial charge in [0.25, 0.3) is 0 Å². The summed E-state index contributed by atoms with van der Waals surface area (Å²) >= 11 is 0. The lowest BCUT2D eigenvalue weighted by Crippen LogP contribution is -2.45. The third-order valence-electron chi connectivity index (χ3n) is 7.08. The second kappa shape index (κ2) is 18.2. The Bertz CT molecular complexity index is 1010. The lowest BCUT2D eigenvalue weighted by Gasteiger charge is -2.25. The van der Waals surface area contributed by atoms with Crippen molar-refractivity contribution in [2.24, 2.45) is 0 Å². The Kier molecular flexibility index (Phi) is 14.2. The first-order valence-corrected chi connectivity index (χ1v) is 14.7. The highest BCUT2D eigenvalue weighted by Gasteiger charge is 2.22. The molecule has 2 amide bonds. The van der Waals surface area contributed by atoms with Crippen molar-refractivity contribution >= 4 is 17.8 Å². The molecule has 3 rings (SSSR count). The van der Waals surface area contributed by atoms with Crippen LogP contribution >= 0.6 is 0 Å². The number of ether oxygens (including phenoxy) is 2. The molecule has 1 aliphatic rings. The maximum atomic E-state index is 13.2. The van der Waals surface area contributed by atoms with E-state index in [4.69, 9.17) is 9.47 Å². The van der Waals surface area contributed by atoms with Crippen LogP contribution in [0.15, 0.2) is 60.7 Å². The fourth-order valence-electron chi connectivity index (χ4n) is 4.87. The van der Waals surface area contributed by atoms with Crippen LogP contribution in [-0.4, -0.2) is 74.2 Å². The van der Waals surface area contributed by atoms with E-state index in [-0.39, 0.29) is 42.9 Å². The van der Waals surface area contributed by atoms with Crippen molar-refractivity contribution in [1.82, 2.24) is 15.5 Å². The van der Waals surface area contributed by atoms with E-state index in [0.717, 1.165) is 43.5 Å². The van der Waals surface area contributed by atoms with E-state index in [9.17, 15) is 14.4 Å². The van der Waals surface area contributed by atoms with Gasteiger partial charge in [-0.05, 0) is 69.7 Å². The molecule has 0 saturated carbocycles. The van der Waals surface area contributed by atoms with Crippen molar-refractivity contribution in [3.05, 3.63) is 71.8 Å². The SMILES string of the molecule is CCOC(=O)CC(CCc1ccccc1)NC(=O)CN(CCc1ccccc1)C(=O)CCCOC1CCNCC1. The molecule has 1 unspecified atom stereocenters. The molecular formula is C32H45N3O5. The Hall–Kier alpha value is -3.23. The summed E-state index contributed by atoms with van der Waals surface area (Å²) in [5.74, 6) is -0.674. The molecule has 1 fully saturated rings. The van der Waals surface area contributed by atoms with Gasteiger partial charge in [-0.1, -0.05) is 60.7 Å². The van der Waals surface area contributed by atoms with E-state index < -0.39 is 0 Å². The molecule has 1 heterocycles. The van der Waals surface area contributed by atoms with E-state index in [0.29, 0.717) is 45.4 Å². The van der Waals surface area contributed by atoms with Gasteiger partial charge in [0.05, 0.1) is 25.7 Å². The summed E-state index contributed by atoms with van der Waals surface area (Å²) in [7, 11) is 0. The second-order valence-electron chi connectivity index (χ2n) is 10.3.